The molecule has 0 radical (unpaired) electrons. The van der Waals surface area contributed by atoms with Gasteiger partial charge in [0.15, 0.2) is 0 Å². The zero-order chi connectivity index (χ0) is 21.7. The molecule has 0 N–H and O–H groups in total. The second-order valence-corrected chi connectivity index (χ2v) is 8.09. The first-order valence-corrected chi connectivity index (χ1v) is 11.0. The van der Waals surface area contributed by atoms with Crippen molar-refractivity contribution in [1.29, 1.82) is 0 Å². The second kappa shape index (κ2) is 12.9. The van der Waals surface area contributed by atoms with Crippen molar-refractivity contribution in [3.63, 3.8) is 0 Å². The van der Waals surface area contributed by atoms with Crippen LogP contribution in [0.5, 0.6) is 11.5 Å². The summed E-state index contributed by atoms with van der Waals surface area (Å²) in [7, 11) is 0. The Morgan fingerprint density at radius 2 is 1.73 bits per heavy atom. The van der Waals surface area contributed by atoms with E-state index in [1.54, 1.807) is 0 Å². The summed E-state index contributed by atoms with van der Waals surface area (Å²) in [4.78, 5) is 16.0. The summed E-state index contributed by atoms with van der Waals surface area (Å²) in [5.41, 5.74) is -0.442. The van der Waals surface area contributed by atoms with E-state index in [2.05, 4.69) is 9.55 Å². The Balaban J connectivity index is 1.58. The van der Waals surface area contributed by atoms with E-state index in [0.717, 1.165) is 56.6 Å². The molecule has 0 aliphatic heterocycles. The molecule has 0 fully saturated rings. The minimum absolute atomic E-state index is 0.127. The SMILES string of the molecule is CCOC(=O)C(C)(C)CCCCOc1cccc(OCCCCCn2ccnc2)c1. The fourth-order valence-corrected chi connectivity index (χ4v) is 3.12. The normalized spacial score (nSPS) is 11.3. The highest BCUT2D eigenvalue weighted by Gasteiger charge is 2.28. The highest BCUT2D eigenvalue weighted by molar-refractivity contribution is 5.75. The van der Waals surface area contributed by atoms with E-state index < -0.39 is 5.41 Å². The Morgan fingerprint density at radius 3 is 2.37 bits per heavy atom. The summed E-state index contributed by atoms with van der Waals surface area (Å²) >= 11 is 0. The number of aryl methyl sites for hydroxylation is 1. The molecule has 0 aliphatic rings. The Bertz CT molecular complexity index is 729. The van der Waals surface area contributed by atoms with Gasteiger partial charge in [-0.25, -0.2) is 4.98 Å². The number of carbonyl (C=O) groups excluding carboxylic acids is 1. The Morgan fingerprint density at radius 1 is 1.03 bits per heavy atom. The van der Waals surface area contributed by atoms with Crippen molar-refractivity contribution in [2.24, 2.45) is 5.41 Å². The van der Waals surface area contributed by atoms with Gasteiger partial charge >= 0.3 is 5.97 Å². The van der Waals surface area contributed by atoms with E-state index in [1.807, 2.05) is 63.8 Å². The van der Waals surface area contributed by atoms with Crippen molar-refractivity contribution in [3.8, 4) is 11.5 Å². The van der Waals surface area contributed by atoms with E-state index in [1.165, 1.54) is 0 Å². The standard InChI is InChI=1S/C24H36N2O4/c1-4-28-23(27)24(2,3)13-6-9-18-30-22-12-10-11-21(19-22)29-17-8-5-7-15-26-16-14-25-20-26/h10-12,14,16,19-20H,4-9,13,15,17-18H2,1-3H3. The van der Waals surface area contributed by atoms with Gasteiger partial charge in [0.25, 0.3) is 0 Å². The lowest BCUT2D eigenvalue weighted by Gasteiger charge is -2.22. The first kappa shape index (κ1) is 23.8. The van der Waals surface area contributed by atoms with Crippen LogP contribution in [-0.4, -0.2) is 35.3 Å². The smallest absolute Gasteiger partial charge is 0.311 e. The van der Waals surface area contributed by atoms with Gasteiger partial charge in [-0.05, 0) is 71.4 Å². The molecule has 2 rings (SSSR count). The van der Waals surface area contributed by atoms with Crippen LogP contribution in [0.3, 0.4) is 0 Å². The molecule has 166 valence electrons. The van der Waals surface area contributed by atoms with E-state index in [0.29, 0.717) is 19.8 Å². The van der Waals surface area contributed by atoms with Crippen molar-refractivity contribution in [2.45, 2.75) is 65.8 Å². The average molecular weight is 417 g/mol. The monoisotopic (exact) mass is 416 g/mol. The minimum Gasteiger partial charge on any atom is -0.493 e. The van der Waals surface area contributed by atoms with E-state index in [4.69, 9.17) is 14.2 Å². The number of rotatable bonds is 15. The van der Waals surface area contributed by atoms with Gasteiger partial charge in [-0.3, -0.25) is 4.79 Å². The van der Waals surface area contributed by atoms with Crippen LogP contribution in [0.25, 0.3) is 0 Å². The lowest BCUT2D eigenvalue weighted by atomic mass is 9.87. The van der Waals surface area contributed by atoms with Crippen molar-refractivity contribution >= 4 is 5.97 Å². The quantitative estimate of drug-likeness (QED) is 0.292. The van der Waals surface area contributed by atoms with E-state index in [-0.39, 0.29) is 5.97 Å². The van der Waals surface area contributed by atoms with Crippen molar-refractivity contribution in [2.75, 3.05) is 19.8 Å². The fourth-order valence-electron chi connectivity index (χ4n) is 3.12. The number of aromatic nitrogens is 2. The summed E-state index contributed by atoms with van der Waals surface area (Å²) in [6.45, 7) is 8.46. The van der Waals surface area contributed by atoms with Gasteiger partial charge in [0.2, 0.25) is 0 Å². The maximum Gasteiger partial charge on any atom is 0.311 e. The number of unbranched alkanes of at least 4 members (excludes halogenated alkanes) is 3. The second-order valence-electron chi connectivity index (χ2n) is 8.09. The number of hydrogen-bond acceptors (Lipinski definition) is 5. The van der Waals surface area contributed by atoms with Gasteiger partial charge in [0.1, 0.15) is 11.5 Å². The van der Waals surface area contributed by atoms with Crippen LogP contribution in [0.15, 0.2) is 43.0 Å². The molecule has 0 spiro atoms. The Kier molecular flexibility index (Phi) is 10.3. The van der Waals surface area contributed by atoms with Crippen LogP contribution in [0.1, 0.15) is 59.3 Å². The third-order valence-corrected chi connectivity index (χ3v) is 4.99. The topological polar surface area (TPSA) is 62.6 Å². The fraction of sp³-hybridized carbons (Fsp3) is 0.583. The van der Waals surface area contributed by atoms with Crippen LogP contribution in [0.4, 0.5) is 0 Å². The molecular weight excluding hydrogens is 380 g/mol. The molecule has 1 aromatic heterocycles. The van der Waals surface area contributed by atoms with Gasteiger partial charge < -0.3 is 18.8 Å². The van der Waals surface area contributed by atoms with Crippen LogP contribution < -0.4 is 9.47 Å². The van der Waals surface area contributed by atoms with Gasteiger partial charge in [0.05, 0.1) is 31.6 Å². The minimum atomic E-state index is -0.442. The first-order chi connectivity index (χ1) is 14.5. The number of nitrogens with zero attached hydrogens (tertiary/aromatic N) is 2. The number of imidazole rings is 1. The molecular formula is C24H36N2O4. The Labute approximate surface area is 180 Å². The number of benzene rings is 1. The maximum atomic E-state index is 11.9. The average Bonchev–Trinajstić information content (AvgIpc) is 3.24. The predicted molar refractivity (Wildman–Crippen MR) is 118 cm³/mol. The molecule has 0 saturated carbocycles. The van der Waals surface area contributed by atoms with Crippen molar-refractivity contribution in [1.82, 2.24) is 9.55 Å². The third kappa shape index (κ3) is 8.89. The van der Waals surface area contributed by atoms with Crippen molar-refractivity contribution < 1.29 is 19.0 Å². The summed E-state index contributed by atoms with van der Waals surface area (Å²) < 4.78 is 18.9. The molecule has 0 atom stereocenters. The number of hydrogen-bond donors (Lipinski definition) is 0. The van der Waals surface area contributed by atoms with Gasteiger partial charge in [-0.2, -0.15) is 0 Å². The number of esters is 1. The van der Waals surface area contributed by atoms with Crippen LogP contribution in [0, 0.1) is 5.41 Å². The zero-order valence-corrected chi connectivity index (χ0v) is 18.6. The van der Waals surface area contributed by atoms with Crippen LogP contribution in [0.2, 0.25) is 0 Å². The molecule has 0 bridgehead atoms. The summed E-state index contributed by atoms with van der Waals surface area (Å²) in [6.07, 6.45) is 11.5. The molecule has 0 amide bonds. The lowest BCUT2D eigenvalue weighted by molar-refractivity contribution is -0.153. The van der Waals surface area contributed by atoms with Crippen LogP contribution in [-0.2, 0) is 16.1 Å². The highest BCUT2D eigenvalue weighted by Crippen LogP contribution is 2.25. The molecule has 1 heterocycles. The first-order valence-electron chi connectivity index (χ1n) is 11.0. The number of carbonyl (C=O) groups is 1. The van der Waals surface area contributed by atoms with Gasteiger partial charge in [-0.15, -0.1) is 0 Å². The highest BCUT2D eigenvalue weighted by atomic mass is 16.5. The molecule has 0 saturated heterocycles. The molecule has 6 nitrogen and oxygen atoms in total. The predicted octanol–water partition coefficient (Wildman–Crippen LogP) is 5.27. The third-order valence-electron chi connectivity index (χ3n) is 4.99. The molecule has 0 unspecified atom stereocenters. The summed E-state index contributed by atoms with van der Waals surface area (Å²) in [6, 6.07) is 7.79. The lowest BCUT2D eigenvalue weighted by Crippen LogP contribution is -2.26. The van der Waals surface area contributed by atoms with Gasteiger partial charge in [0, 0.05) is 25.0 Å². The van der Waals surface area contributed by atoms with E-state index in [9.17, 15) is 4.79 Å². The molecule has 2 aromatic rings. The Hall–Kier alpha value is -2.50. The van der Waals surface area contributed by atoms with Crippen LogP contribution >= 0.6 is 0 Å². The van der Waals surface area contributed by atoms with Gasteiger partial charge in [-0.1, -0.05) is 6.07 Å². The number of ether oxygens (including phenoxy) is 3. The van der Waals surface area contributed by atoms with Crippen molar-refractivity contribution in [3.05, 3.63) is 43.0 Å². The summed E-state index contributed by atoms with van der Waals surface area (Å²) in [5.74, 6) is 1.53. The zero-order valence-electron chi connectivity index (χ0n) is 18.6. The molecule has 0 aliphatic carbocycles. The van der Waals surface area contributed by atoms with E-state index >= 15 is 0 Å². The summed E-state index contributed by atoms with van der Waals surface area (Å²) in [5, 5.41) is 0. The molecule has 1 aromatic carbocycles. The largest absolute Gasteiger partial charge is 0.493 e. The molecule has 6 heteroatoms. The maximum absolute atomic E-state index is 11.9. The molecule has 30 heavy (non-hydrogen) atoms.